The van der Waals surface area contributed by atoms with Crippen molar-refractivity contribution in [3.8, 4) is 11.1 Å². The first-order valence-corrected chi connectivity index (χ1v) is 11.9. The smallest absolute Gasteiger partial charge is 0.326 e. The number of benzene rings is 3. The van der Waals surface area contributed by atoms with Crippen LogP contribution in [0.5, 0.6) is 0 Å². The van der Waals surface area contributed by atoms with Gasteiger partial charge in [-0.15, -0.1) is 0 Å². The van der Waals surface area contributed by atoms with E-state index < -0.39 is 29.6 Å². The first-order valence-electron chi connectivity index (χ1n) is 11.1. The lowest BCUT2D eigenvalue weighted by molar-refractivity contribution is -0.139. The second kappa shape index (κ2) is 10.4. The highest BCUT2D eigenvalue weighted by Gasteiger charge is 2.23. The third kappa shape index (κ3) is 5.65. The van der Waals surface area contributed by atoms with Gasteiger partial charge in [-0.1, -0.05) is 37.3 Å². The number of hydrogen-bond acceptors (Lipinski definition) is 5. The molecule has 0 saturated carbocycles. The van der Waals surface area contributed by atoms with Crippen molar-refractivity contribution >= 4 is 44.2 Å². The quantitative estimate of drug-likeness (QED) is 0.255. The maximum absolute atomic E-state index is 14.8. The fourth-order valence-electron chi connectivity index (χ4n) is 3.67. The second-order valence-electron chi connectivity index (χ2n) is 8.64. The molecule has 3 N–H and O–H groups in total. The van der Waals surface area contributed by atoms with Gasteiger partial charge in [0.1, 0.15) is 23.5 Å². The van der Waals surface area contributed by atoms with E-state index in [0.29, 0.717) is 26.5 Å². The molecule has 1 heterocycles. The zero-order valence-electron chi connectivity index (χ0n) is 19.3. The van der Waals surface area contributed by atoms with E-state index in [-0.39, 0.29) is 29.4 Å². The lowest BCUT2D eigenvalue weighted by Gasteiger charge is -2.17. The molecule has 0 aliphatic rings. The minimum atomic E-state index is -1.20. The Kier molecular flexibility index (Phi) is 7.25. The highest BCUT2D eigenvalue weighted by atomic mass is 32.1. The van der Waals surface area contributed by atoms with Crippen LogP contribution in [-0.4, -0.2) is 28.0 Å². The van der Waals surface area contributed by atoms with Crippen LogP contribution < -0.4 is 10.6 Å². The van der Waals surface area contributed by atoms with E-state index in [2.05, 4.69) is 15.6 Å². The molecule has 0 fully saturated rings. The Labute approximate surface area is 208 Å². The monoisotopic (exact) mass is 513 g/mol. The standard InChI is InChI=1S/C26H22F3N3O3S/c1-13(2)9-22(25(34)35)30-24(33)17-6-3-14(10-18(17)28)15-4-7-20(19(29)11-15)31-26-32-21-8-5-16(27)12-23(21)36-26/h3-8,10-13,22H,9H2,1-2H3,(H,30,33)(H,31,32)(H,34,35)/t22-/m0/s1. The van der Waals surface area contributed by atoms with Crippen molar-refractivity contribution in [3.63, 3.8) is 0 Å². The summed E-state index contributed by atoms with van der Waals surface area (Å²) in [4.78, 5) is 28.2. The zero-order chi connectivity index (χ0) is 26.0. The lowest BCUT2D eigenvalue weighted by atomic mass is 10.0. The predicted molar refractivity (Wildman–Crippen MR) is 133 cm³/mol. The Balaban J connectivity index is 1.51. The fourth-order valence-corrected chi connectivity index (χ4v) is 4.57. The summed E-state index contributed by atoms with van der Waals surface area (Å²) in [6.45, 7) is 3.63. The van der Waals surface area contributed by atoms with Crippen molar-refractivity contribution in [1.29, 1.82) is 0 Å². The molecule has 1 atom stereocenters. The highest BCUT2D eigenvalue weighted by molar-refractivity contribution is 7.22. The molecule has 6 nitrogen and oxygen atoms in total. The molecule has 0 saturated heterocycles. The molecular weight excluding hydrogens is 491 g/mol. The van der Waals surface area contributed by atoms with Gasteiger partial charge in [0.25, 0.3) is 5.91 Å². The van der Waals surface area contributed by atoms with Crippen molar-refractivity contribution < 1.29 is 27.9 Å². The van der Waals surface area contributed by atoms with Gasteiger partial charge in [0, 0.05) is 0 Å². The van der Waals surface area contributed by atoms with Gasteiger partial charge >= 0.3 is 5.97 Å². The van der Waals surface area contributed by atoms with E-state index in [0.717, 1.165) is 6.07 Å². The number of carbonyl (C=O) groups excluding carboxylic acids is 1. The minimum Gasteiger partial charge on any atom is -0.480 e. The highest BCUT2D eigenvalue weighted by Crippen LogP contribution is 2.31. The van der Waals surface area contributed by atoms with E-state index in [9.17, 15) is 27.9 Å². The largest absolute Gasteiger partial charge is 0.480 e. The fraction of sp³-hybridized carbons (Fsp3) is 0.192. The van der Waals surface area contributed by atoms with E-state index in [1.807, 2.05) is 13.8 Å². The third-order valence-corrected chi connectivity index (χ3v) is 6.35. The van der Waals surface area contributed by atoms with Crippen LogP contribution in [0.1, 0.15) is 30.6 Å². The number of anilines is 2. The Hall–Kier alpha value is -3.92. The van der Waals surface area contributed by atoms with Crippen LogP contribution in [0, 0.1) is 23.4 Å². The summed E-state index contributed by atoms with van der Waals surface area (Å²) in [6.07, 6.45) is 0.203. The van der Waals surface area contributed by atoms with Gasteiger partial charge in [-0.05, 0) is 65.9 Å². The van der Waals surface area contributed by atoms with E-state index in [1.54, 1.807) is 6.07 Å². The zero-order valence-corrected chi connectivity index (χ0v) is 20.1. The molecule has 0 radical (unpaired) electrons. The molecule has 3 aromatic carbocycles. The number of rotatable bonds is 8. The van der Waals surface area contributed by atoms with Crippen molar-refractivity contribution in [1.82, 2.24) is 10.3 Å². The summed E-state index contributed by atoms with van der Waals surface area (Å²) in [5.74, 6) is -3.88. The average molecular weight is 514 g/mol. The molecule has 10 heteroatoms. The molecule has 0 spiro atoms. The Morgan fingerprint density at radius 3 is 2.31 bits per heavy atom. The van der Waals surface area contributed by atoms with E-state index >= 15 is 0 Å². The molecule has 186 valence electrons. The average Bonchev–Trinajstić information content (AvgIpc) is 3.20. The van der Waals surface area contributed by atoms with Crippen molar-refractivity contribution in [2.45, 2.75) is 26.3 Å². The van der Waals surface area contributed by atoms with Gasteiger partial charge in [-0.25, -0.2) is 22.9 Å². The van der Waals surface area contributed by atoms with Gasteiger partial charge in [-0.3, -0.25) is 4.79 Å². The summed E-state index contributed by atoms with van der Waals surface area (Å²) >= 11 is 1.18. The van der Waals surface area contributed by atoms with Gasteiger partial charge < -0.3 is 15.7 Å². The van der Waals surface area contributed by atoms with Gasteiger partial charge in [0.2, 0.25) is 0 Å². The number of carboxylic acids is 1. The van der Waals surface area contributed by atoms with Crippen molar-refractivity contribution in [2.24, 2.45) is 5.92 Å². The van der Waals surface area contributed by atoms with Crippen LogP contribution >= 0.6 is 11.3 Å². The predicted octanol–water partition coefficient (Wildman–Crippen LogP) is 6.35. The molecule has 0 aliphatic heterocycles. The molecular formula is C26H22F3N3O3S. The molecule has 4 rings (SSSR count). The maximum atomic E-state index is 14.8. The summed E-state index contributed by atoms with van der Waals surface area (Å²) in [5.41, 5.74) is 1.12. The summed E-state index contributed by atoms with van der Waals surface area (Å²) in [5, 5.41) is 14.9. The Morgan fingerprint density at radius 2 is 1.67 bits per heavy atom. The van der Waals surface area contributed by atoms with Crippen LogP contribution in [0.3, 0.4) is 0 Å². The second-order valence-corrected chi connectivity index (χ2v) is 9.67. The maximum Gasteiger partial charge on any atom is 0.326 e. The Morgan fingerprint density at radius 1 is 0.972 bits per heavy atom. The molecule has 0 aliphatic carbocycles. The lowest BCUT2D eigenvalue weighted by Crippen LogP contribution is -2.41. The van der Waals surface area contributed by atoms with Crippen LogP contribution in [-0.2, 0) is 4.79 Å². The number of thiazole rings is 1. The number of hydrogen-bond donors (Lipinski definition) is 3. The first-order chi connectivity index (χ1) is 17.1. The number of halogens is 3. The number of carboxylic acid groups (broad SMARTS) is 1. The molecule has 1 amide bonds. The van der Waals surface area contributed by atoms with E-state index in [1.165, 1.54) is 53.8 Å². The minimum absolute atomic E-state index is 0.0173. The molecule has 0 unspecified atom stereocenters. The summed E-state index contributed by atoms with van der Waals surface area (Å²) < 4.78 is 43.6. The summed E-state index contributed by atoms with van der Waals surface area (Å²) in [7, 11) is 0. The van der Waals surface area contributed by atoms with Crippen LogP contribution in [0.25, 0.3) is 21.3 Å². The number of fused-ring (bicyclic) bond motifs is 1. The van der Waals surface area contributed by atoms with Crippen LogP contribution in [0.2, 0.25) is 0 Å². The topological polar surface area (TPSA) is 91.3 Å². The molecule has 36 heavy (non-hydrogen) atoms. The van der Waals surface area contributed by atoms with Crippen LogP contribution in [0.4, 0.5) is 24.0 Å². The Bertz CT molecular complexity index is 1460. The van der Waals surface area contributed by atoms with Crippen LogP contribution in [0.15, 0.2) is 54.6 Å². The number of nitrogens with zero attached hydrogens (tertiary/aromatic N) is 1. The molecule has 0 bridgehead atoms. The van der Waals surface area contributed by atoms with Gasteiger partial charge in [-0.2, -0.15) is 0 Å². The number of aliphatic carboxylic acids is 1. The van der Waals surface area contributed by atoms with Crippen molar-refractivity contribution in [2.75, 3.05) is 5.32 Å². The molecule has 1 aromatic heterocycles. The number of aromatic nitrogens is 1. The SMILES string of the molecule is CC(C)C[C@H](NC(=O)c1ccc(-c2ccc(Nc3nc4ccc(F)cc4s3)c(F)c2)cc1F)C(=O)O. The van der Waals surface area contributed by atoms with Gasteiger partial charge in [0.05, 0.1) is 21.5 Å². The molecule has 4 aromatic rings. The number of amides is 1. The number of carbonyl (C=O) groups is 2. The first kappa shape index (κ1) is 25.2. The summed E-state index contributed by atoms with van der Waals surface area (Å²) in [6, 6.07) is 11.1. The number of nitrogens with one attached hydrogen (secondary N) is 2. The third-order valence-electron chi connectivity index (χ3n) is 5.42. The van der Waals surface area contributed by atoms with E-state index in [4.69, 9.17) is 0 Å². The van der Waals surface area contributed by atoms with Crippen molar-refractivity contribution in [3.05, 3.63) is 77.6 Å². The normalized spacial score (nSPS) is 12.1. The van der Waals surface area contributed by atoms with Gasteiger partial charge in [0.15, 0.2) is 5.13 Å².